The van der Waals surface area contributed by atoms with Crippen molar-refractivity contribution in [1.29, 1.82) is 0 Å². The Labute approximate surface area is 190 Å². The molecule has 0 radical (unpaired) electrons. The van der Waals surface area contributed by atoms with E-state index >= 15 is 0 Å². The van der Waals surface area contributed by atoms with Crippen molar-refractivity contribution in [3.8, 4) is 17.1 Å². The highest BCUT2D eigenvalue weighted by atomic mass is 127. The maximum atomic E-state index is 12.2. The Hall–Kier alpha value is -2.76. The van der Waals surface area contributed by atoms with Gasteiger partial charge in [0.25, 0.3) is 0 Å². The molecule has 0 aliphatic carbocycles. The van der Waals surface area contributed by atoms with Gasteiger partial charge in [-0.25, -0.2) is 4.98 Å². The number of nitrogens with zero attached hydrogens (tertiary/aromatic N) is 4. The highest BCUT2D eigenvalue weighted by molar-refractivity contribution is 14.0. The van der Waals surface area contributed by atoms with Gasteiger partial charge in [0.15, 0.2) is 11.8 Å². The second-order valence-corrected chi connectivity index (χ2v) is 6.31. The number of rotatable bonds is 7. The lowest BCUT2D eigenvalue weighted by Crippen LogP contribution is -2.38. The van der Waals surface area contributed by atoms with Gasteiger partial charge in [0.2, 0.25) is 0 Å². The third kappa shape index (κ3) is 6.65. The molecule has 0 aliphatic rings. The van der Waals surface area contributed by atoms with Crippen LogP contribution in [0, 0.1) is 0 Å². The Morgan fingerprint density at radius 3 is 2.60 bits per heavy atom. The average Bonchev–Trinajstić information content (AvgIpc) is 3.25. The zero-order valence-electron chi connectivity index (χ0n) is 16.5. The molecule has 0 fully saturated rings. The molecule has 3 aromatic rings. The van der Waals surface area contributed by atoms with E-state index in [-0.39, 0.29) is 29.7 Å². The van der Waals surface area contributed by atoms with Crippen LogP contribution in [0.25, 0.3) is 11.4 Å². The number of hydrogen-bond acceptors (Lipinski definition) is 4. The molecule has 0 saturated heterocycles. The first-order chi connectivity index (χ1) is 14.0. The van der Waals surface area contributed by atoms with Gasteiger partial charge in [-0.2, -0.15) is 13.9 Å². The zero-order chi connectivity index (χ0) is 20.6. The monoisotopic (exact) mass is 528 g/mol. The van der Waals surface area contributed by atoms with Crippen molar-refractivity contribution in [3.05, 3.63) is 66.0 Å². The molecule has 0 unspecified atom stereocenters. The number of guanidine groups is 1. The molecule has 0 aliphatic heterocycles. The lowest BCUT2D eigenvalue weighted by atomic mass is 10.1. The van der Waals surface area contributed by atoms with Crippen LogP contribution in [0.4, 0.5) is 8.78 Å². The van der Waals surface area contributed by atoms with Gasteiger partial charge in [-0.15, -0.1) is 24.0 Å². The van der Waals surface area contributed by atoms with Crippen LogP contribution in [0.5, 0.6) is 5.75 Å². The van der Waals surface area contributed by atoms with Crippen LogP contribution < -0.4 is 10.1 Å². The topological polar surface area (TPSA) is 78.4 Å². The first-order valence-corrected chi connectivity index (χ1v) is 8.95. The number of benzene rings is 2. The number of aromatic nitrogens is 3. The summed E-state index contributed by atoms with van der Waals surface area (Å²) in [5.41, 5.74) is 2.97. The highest BCUT2D eigenvalue weighted by Gasteiger charge is 2.09. The maximum absolute atomic E-state index is 12.2. The summed E-state index contributed by atoms with van der Waals surface area (Å²) in [7, 11) is 3.62. The van der Waals surface area contributed by atoms with E-state index in [2.05, 4.69) is 30.2 Å². The van der Waals surface area contributed by atoms with Crippen LogP contribution >= 0.6 is 24.0 Å². The van der Waals surface area contributed by atoms with Crippen molar-refractivity contribution >= 4 is 29.9 Å². The minimum absolute atomic E-state index is 0. The highest BCUT2D eigenvalue weighted by Crippen LogP contribution is 2.17. The van der Waals surface area contributed by atoms with Crippen molar-refractivity contribution in [2.75, 3.05) is 14.1 Å². The normalized spacial score (nSPS) is 11.2. The summed E-state index contributed by atoms with van der Waals surface area (Å²) >= 11 is 0. The summed E-state index contributed by atoms with van der Waals surface area (Å²) in [6.07, 6.45) is 1.48. The molecule has 0 bridgehead atoms. The molecule has 3 rings (SSSR count). The number of nitrogens with one attached hydrogen (secondary N) is 2. The summed E-state index contributed by atoms with van der Waals surface area (Å²) in [6, 6.07) is 14.5. The summed E-state index contributed by atoms with van der Waals surface area (Å²) in [6.45, 7) is -1.68. The molecular weight excluding hydrogens is 505 g/mol. The number of ether oxygens (including phenoxy) is 1. The first-order valence-electron chi connectivity index (χ1n) is 8.95. The Bertz CT molecular complexity index is 935. The fraction of sp³-hybridized carbons (Fsp3) is 0.250. The third-order valence-electron chi connectivity index (χ3n) is 4.21. The molecule has 0 amide bonds. The zero-order valence-corrected chi connectivity index (χ0v) is 18.9. The lowest BCUT2D eigenvalue weighted by Gasteiger charge is -2.22. The Morgan fingerprint density at radius 1 is 1.20 bits per heavy atom. The van der Waals surface area contributed by atoms with Crippen molar-refractivity contribution < 1.29 is 13.5 Å². The summed E-state index contributed by atoms with van der Waals surface area (Å²) < 4.78 is 28.9. The van der Waals surface area contributed by atoms with Crippen molar-refractivity contribution in [3.63, 3.8) is 0 Å². The molecule has 2 aromatic carbocycles. The average molecular weight is 528 g/mol. The van der Waals surface area contributed by atoms with E-state index in [9.17, 15) is 8.78 Å². The minimum atomic E-state index is -2.82. The van der Waals surface area contributed by atoms with Crippen LogP contribution in [0.15, 0.2) is 59.9 Å². The van der Waals surface area contributed by atoms with Gasteiger partial charge in [-0.05, 0) is 29.3 Å². The van der Waals surface area contributed by atoms with Gasteiger partial charge in [0, 0.05) is 32.7 Å². The van der Waals surface area contributed by atoms with Crippen molar-refractivity contribution in [2.24, 2.45) is 4.99 Å². The van der Waals surface area contributed by atoms with Gasteiger partial charge in [0.1, 0.15) is 12.1 Å². The van der Waals surface area contributed by atoms with Gasteiger partial charge in [-0.3, -0.25) is 10.1 Å². The number of aromatic amines is 1. The van der Waals surface area contributed by atoms with E-state index in [0.29, 0.717) is 24.9 Å². The van der Waals surface area contributed by atoms with E-state index in [1.54, 1.807) is 19.2 Å². The Morgan fingerprint density at radius 2 is 1.97 bits per heavy atom. The van der Waals surface area contributed by atoms with E-state index in [1.165, 1.54) is 18.5 Å². The van der Waals surface area contributed by atoms with Crippen LogP contribution in [0.2, 0.25) is 0 Å². The van der Waals surface area contributed by atoms with Crippen LogP contribution in [0.1, 0.15) is 11.1 Å². The van der Waals surface area contributed by atoms with Gasteiger partial charge in [-0.1, -0.05) is 30.3 Å². The van der Waals surface area contributed by atoms with Gasteiger partial charge >= 0.3 is 6.61 Å². The number of halogens is 3. The predicted octanol–water partition coefficient (Wildman–Crippen LogP) is 3.90. The number of H-pyrrole nitrogens is 1. The summed E-state index contributed by atoms with van der Waals surface area (Å²) in [4.78, 5) is 10.4. The van der Waals surface area contributed by atoms with Crippen LogP contribution in [0.3, 0.4) is 0 Å². The van der Waals surface area contributed by atoms with Crippen LogP contribution in [-0.4, -0.2) is 46.7 Å². The third-order valence-corrected chi connectivity index (χ3v) is 4.21. The second-order valence-electron chi connectivity index (χ2n) is 6.31. The minimum Gasteiger partial charge on any atom is -0.435 e. The summed E-state index contributed by atoms with van der Waals surface area (Å²) in [5.74, 6) is 1.57. The van der Waals surface area contributed by atoms with E-state index in [1.807, 2.05) is 36.2 Å². The Balaban J connectivity index is 0.00000320. The largest absolute Gasteiger partial charge is 0.435 e. The maximum Gasteiger partial charge on any atom is 0.387 e. The van der Waals surface area contributed by atoms with E-state index < -0.39 is 6.61 Å². The fourth-order valence-corrected chi connectivity index (χ4v) is 2.86. The molecule has 1 heterocycles. The van der Waals surface area contributed by atoms with E-state index in [0.717, 1.165) is 16.7 Å². The molecule has 7 nitrogen and oxygen atoms in total. The molecule has 160 valence electrons. The fourth-order valence-electron chi connectivity index (χ4n) is 2.86. The first kappa shape index (κ1) is 23.5. The molecule has 2 N–H and O–H groups in total. The number of aliphatic imine (C=N–C) groups is 1. The molecule has 1 aromatic heterocycles. The molecule has 0 spiro atoms. The van der Waals surface area contributed by atoms with Crippen molar-refractivity contribution in [1.82, 2.24) is 25.4 Å². The van der Waals surface area contributed by atoms with Crippen molar-refractivity contribution in [2.45, 2.75) is 19.7 Å². The van der Waals surface area contributed by atoms with Gasteiger partial charge < -0.3 is 15.0 Å². The standard InChI is InChI=1S/C20H22F2N6O.HI/c1-23-20(28(2)12-14-6-8-17(9-7-14)29-19(21)22)24-11-15-4-3-5-16(10-15)18-25-13-26-27-18;/h3-10,13,19H,11-12H2,1-2H3,(H,23,24)(H,25,26,27);1H. The van der Waals surface area contributed by atoms with Crippen LogP contribution in [-0.2, 0) is 13.1 Å². The molecule has 0 atom stereocenters. The lowest BCUT2D eigenvalue weighted by molar-refractivity contribution is -0.0498. The van der Waals surface area contributed by atoms with E-state index in [4.69, 9.17) is 0 Å². The molecule has 0 saturated carbocycles. The predicted molar refractivity (Wildman–Crippen MR) is 122 cm³/mol. The molecule has 30 heavy (non-hydrogen) atoms. The number of alkyl halides is 2. The summed E-state index contributed by atoms with van der Waals surface area (Å²) in [5, 5.41) is 10.0. The quantitative estimate of drug-likeness (QED) is 0.277. The van der Waals surface area contributed by atoms with Gasteiger partial charge in [0.05, 0.1) is 0 Å². The molecular formula is C20H23F2IN6O. The smallest absolute Gasteiger partial charge is 0.387 e. The number of hydrogen-bond donors (Lipinski definition) is 2. The second kappa shape index (κ2) is 11.4. The molecule has 10 heteroatoms. The Kier molecular flexibility index (Phi) is 8.96. The SMILES string of the molecule is CN=C(NCc1cccc(-c2ncn[nH]2)c1)N(C)Cc1ccc(OC(F)F)cc1.I.